The average Bonchev–Trinajstić information content (AvgIpc) is 2.94. The van der Waals surface area contributed by atoms with Crippen LogP contribution in [-0.4, -0.2) is 22.4 Å². The molecule has 20 heavy (non-hydrogen) atoms. The Morgan fingerprint density at radius 3 is 2.80 bits per heavy atom. The van der Waals surface area contributed by atoms with Gasteiger partial charge in [0.1, 0.15) is 5.69 Å². The first-order chi connectivity index (χ1) is 9.72. The minimum absolute atomic E-state index is 0.101. The van der Waals surface area contributed by atoms with Gasteiger partial charge in [0, 0.05) is 12.7 Å². The minimum atomic E-state index is -0.351. The second-order valence-corrected chi connectivity index (χ2v) is 4.85. The zero-order valence-corrected chi connectivity index (χ0v) is 12.1. The van der Waals surface area contributed by atoms with Gasteiger partial charge in [-0.1, -0.05) is 30.3 Å². The maximum Gasteiger partial charge on any atom is 0.356 e. The molecule has 0 spiro atoms. The zero-order valence-electron chi connectivity index (χ0n) is 11.3. The number of esters is 1. The largest absolute Gasteiger partial charge is 0.461 e. The van der Waals surface area contributed by atoms with Gasteiger partial charge in [0.25, 0.3) is 0 Å². The molecule has 1 unspecified atom stereocenters. The maximum absolute atomic E-state index is 11.7. The third-order valence-electron chi connectivity index (χ3n) is 2.96. The lowest BCUT2D eigenvalue weighted by atomic mass is 10.1. The molecule has 0 saturated carbocycles. The van der Waals surface area contributed by atoms with Gasteiger partial charge in [-0.15, -0.1) is 11.6 Å². The number of benzene rings is 1. The van der Waals surface area contributed by atoms with E-state index in [9.17, 15) is 4.79 Å². The lowest BCUT2D eigenvalue weighted by molar-refractivity contribution is 0.0511. The summed E-state index contributed by atoms with van der Waals surface area (Å²) in [6.45, 7) is 2.71. The van der Waals surface area contributed by atoms with Crippen LogP contribution in [-0.2, 0) is 11.3 Å². The summed E-state index contributed by atoms with van der Waals surface area (Å²) < 4.78 is 6.62. The molecule has 0 bridgehead atoms. The first kappa shape index (κ1) is 14.6. The number of carbonyl (C=O) groups excluding carboxylic acids is 1. The molecule has 0 aliphatic heterocycles. The highest BCUT2D eigenvalue weighted by Gasteiger charge is 2.14. The van der Waals surface area contributed by atoms with Gasteiger partial charge >= 0.3 is 5.97 Å². The van der Waals surface area contributed by atoms with Crippen LogP contribution in [0.1, 0.15) is 34.8 Å². The lowest BCUT2D eigenvalue weighted by Crippen LogP contribution is -2.14. The van der Waals surface area contributed by atoms with Crippen molar-refractivity contribution in [3.8, 4) is 0 Å². The fourth-order valence-electron chi connectivity index (χ4n) is 1.95. The molecule has 0 fully saturated rings. The second kappa shape index (κ2) is 7.10. The summed E-state index contributed by atoms with van der Waals surface area (Å²) in [5.41, 5.74) is 1.53. The number of ether oxygens (including phenoxy) is 1. The average molecular weight is 293 g/mol. The van der Waals surface area contributed by atoms with Gasteiger partial charge in [-0.05, 0) is 25.0 Å². The van der Waals surface area contributed by atoms with Crippen LogP contribution in [0, 0.1) is 0 Å². The van der Waals surface area contributed by atoms with Crippen molar-refractivity contribution in [2.45, 2.75) is 25.3 Å². The quantitative estimate of drug-likeness (QED) is 0.605. The predicted molar refractivity (Wildman–Crippen MR) is 77.8 cm³/mol. The van der Waals surface area contributed by atoms with Crippen LogP contribution in [0.15, 0.2) is 42.6 Å². The number of aryl methyl sites for hydroxylation is 1. The first-order valence-electron chi connectivity index (χ1n) is 6.60. The van der Waals surface area contributed by atoms with E-state index in [4.69, 9.17) is 16.3 Å². The van der Waals surface area contributed by atoms with E-state index in [-0.39, 0.29) is 11.3 Å². The summed E-state index contributed by atoms with van der Waals surface area (Å²) in [7, 11) is 0. The molecule has 1 atom stereocenters. The molecule has 0 amide bonds. The SMILES string of the molecule is CCOC(=O)c1ccnn1CCC(Cl)c1ccccc1. The summed E-state index contributed by atoms with van der Waals surface area (Å²) in [6, 6.07) is 11.5. The van der Waals surface area contributed by atoms with Crippen molar-refractivity contribution in [3.63, 3.8) is 0 Å². The molecule has 2 aromatic rings. The van der Waals surface area contributed by atoms with Crippen LogP contribution in [0.2, 0.25) is 0 Å². The third-order valence-corrected chi connectivity index (χ3v) is 3.43. The van der Waals surface area contributed by atoms with Gasteiger partial charge in [0.2, 0.25) is 0 Å². The molecule has 0 aliphatic rings. The Hall–Kier alpha value is -1.81. The highest BCUT2D eigenvalue weighted by Crippen LogP contribution is 2.24. The van der Waals surface area contributed by atoms with Gasteiger partial charge in [-0.25, -0.2) is 4.79 Å². The van der Waals surface area contributed by atoms with Crippen molar-refractivity contribution < 1.29 is 9.53 Å². The van der Waals surface area contributed by atoms with E-state index >= 15 is 0 Å². The predicted octanol–water partition coefficient (Wildman–Crippen LogP) is 3.43. The van der Waals surface area contributed by atoms with Gasteiger partial charge < -0.3 is 4.74 Å². The Bertz CT molecular complexity index is 554. The molecule has 2 rings (SSSR count). The number of rotatable bonds is 6. The van der Waals surface area contributed by atoms with Crippen molar-refractivity contribution in [3.05, 3.63) is 53.9 Å². The van der Waals surface area contributed by atoms with Gasteiger partial charge in [-0.2, -0.15) is 5.10 Å². The Labute approximate surface area is 123 Å². The van der Waals surface area contributed by atoms with E-state index in [0.29, 0.717) is 25.3 Å². The third kappa shape index (κ3) is 3.61. The molecule has 0 N–H and O–H groups in total. The second-order valence-electron chi connectivity index (χ2n) is 4.33. The summed E-state index contributed by atoms with van der Waals surface area (Å²) >= 11 is 6.36. The Morgan fingerprint density at radius 1 is 1.35 bits per heavy atom. The normalized spacial score (nSPS) is 12.1. The van der Waals surface area contributed by atoms with Crippen molar-refractivity contribution >= 4 is 17.6 Å². The number of hydrogen-bond acceptors (Lipinski definition) is 3. The first-order valence-corrected chi connectivity index (χ1v) is 7.04. The van der Waals surface area contributed by atoms with E-state index in [1.165, 1.54) is 0 Å². The van der Waals surface area contributed by atoms with Gasteiger partial charge in [0.15, 0.2) is 0 Å². The summed E-state index contributed by atoms with van der Waals surface area (Å²) in [5.74, 6) is -0.351. The van der Waals surface area contributed by atoms with Crippen LogP contribution in [0.4, 0.5) is 0 Å². The number of carbonyl (C=O) groups is 1. The van der Waals surface area contributed by atoms with E-state index in [1.807, 2.05) is 30.3 Å². The van der Waals surface area contributed by atoms with E-state index < -0.39 is 0 Å². The molecule has 0 saturated heterocycles. The van der Waals surface area contributed by atoms with E-state index in [0.717, 1.165) is 5.56 Å². The highest BCUT2D eigenvalue weighted by molar-refractivity contribution is 6.20. The number of hydrogen-bond donors (Lipinski definition) is 0. The van der Waals surface area contributed by atoms with Crippen molar-refractivity contribution in [2.24, 2.45) is 0 Å². The number of nitrogens with zero attached hydrogens (tertiary/aromatic N) is 2. The standard InChI is InChI=1S/C15H17ClN2O2/c1-2-20-15(19)14-8-10-17-18(14)11-9-13(16)12-6-4-3-5-7-12/h3-8,10,13H,2,9,11H2,1H3. The van der Waals surface area contributed by atoms with Gasteiger partial charge in [-0.3, -0.25) is 4.68 Å². The van der Waals surface area contributed by atoms with Crippen LogP contribution < -0.4 is 0 Å². The maximum atomic E-state index is 11.7. The van der Waals surface area contributed by atoms with E-state index in [1.54, 1.807) is 23.9 Å². The molecular formula is C15H17ClN2O2. The van der Waals surface area contributed by atoms with Crippen LogP contribution in [0.3, 0.4) is 0 Å². The number of halogens is 1. The van der Waals surface area contributed by atoms with Crippen molar-refractivity contribution in [2.75, 3.05) is 6.61 Å². The molecule has 5 heteroatoms. The molecule has 0 radical (unpaired) electrons. The monoisotopic (exact) mass is 292 g/mol. The van der Waals surface area contributed by atoms with Crippen molar-refractivity contribution in [1.82, 2.24) is 9.78 Å². The molecule has 1 heterocycles. The fourth-order valence-corrected chi connectivity index (χ4v) is 2.20. The summed E-state index contributed by atoms with van der Waals surface area (Å²) in [5, 5.41) is 4.04. The molecule has 0 aliphatic carbocycles. The molecular weight excluding hydrogens is 276 g/mol. The van der Waals surface area contributed by atoms with Crippen LogP contribution in [0.25, 0.3) is 0 Å². The topological polar surface area (TPSA) is 44.1 Å². The number of aromatic nitrogens is 2. The molecule has 106 valence electrons. The molecule has 1 aromatic heterocycles. The molecule has 4 nitrogen and oxygen atoms in total. The lowest BCUT2D eigenvalue weighted by Gasteiger charge is -2.11. The Balaban J connectivity index is 1.98. The van der Waals surface area contributed by atoms with Crippen LogP contribution in [0.5, 0.6) is 0 Å². The highest BCUT2D eigenvalue weighted by atomic mass is 35.5. The Kier molecular flexibility index (Phi) is 5.18. The van der Waals surface area contributed by atoms with Crippen molar-refractivity contribution in [1.29, 1.82) is 0 Å². The van der Waals surface area contributed by atoms with Gasteiger partial charge in [0.05, 0.1) is 12.0 Å². The van der Waals surface area contributed by atoms with E-state index in [2.05, 4.69) is 5.10 Å². The van der Waals surface area contributed by atoms with Crippen LogP contribution >= 0.6 is 11.6 Å². The summed E-state index contributed by atoms with van der Waals surface area (Å²) in [4.78, 5) is 11.7. The Morgan fingerprint density at radius 2 is 2.10 bits per heavy atom. The smallest absolute Gasteiger partial charge is 0.356 e. The minimum Gasteiger partial charge on any atom is -0.461 e. The molecule has 1 aromatic carbocycles. The fraction of sp³-hybridized carbons (Fsp3) is 0.333. The zero-order chi connectivity index (χ0) is 14.4. The number of alkyl halides is 1. The summed E-state index contributed by atoms with van der Waals surface area (Å²) in [6.07, 6.45) is 2.29.